The summed E-state index contributed by atoms with van der Waals surface area (Å²) in [5.41, 5.74) is 3.44. The molecular weight excluding hydrogens is 468 g/mol. The van der Waals surface area contributed by atoms with Crippen LogP contribution in [0.15, 0.2) is 54.7 Å². The van der Waals surface area contributed by atoms with E-state index in [0.29, 0.717) is 29.3 Å². The van der Waals surface area contributed by atoms with Gasteiger partial charge in [-0.05, 0) is 68.3 Å². The molecule has 0 aliphatic carbocycles. The van der Waals surface area contributed by atoms with Crippen molar-refractivity contribution in [1.29, 1.82) is 5.26 Å². The van der Waals surface area contributed by atoms with Crippen molar-refractivity contribution in [1.82, 2.24) is 19.7 Å². The highest BCUT2D eigenvalue weighted by molar-refractivity contribution is 6.00. The van der Waals surface area contributed by atoms with E-state index in [1.54, 1.807) is 24.3 Å². The zero-order valence-corrected chi connectivity index (χ0v) is 20.4. The Balaban J connectivity index is 1.24. The van der Waals surface area contributed by atoms with Crippen LogP contribution in [-0.4, -0.2) is 51.1 Å². The van der Waals surface area contributed by atoms with Crippen molar-refractivity contribution in [2.24, 2.45) is 0 Å². The number of aryl methyl sites for hydroxylation is 1. The Bertz CT molecular complexity index is 1480. The third kappa shape index (κ3) is 4.57. The molecule has 2 aliphatic heterocycles. The van der Waals surface area contributed by atoms with Gasteiger partial charge in [-0.3, -0.25) is 0 Å². The molecule has 10 nitrogen and oxygen atoms in total. The van der Waals surface area contributed by atoms with Crippen LogP contribution in [0.25, 0.3) is 22.4 Å². The van der Waals surface area contributed by atoms with Gasteiger partial charge in [0.2, 0.25) is 0 Å². The summed E-state index contributed by atoms with van der Waals surface area (Å²) in [6, 6.07) is 15.8. The second-order valence-corrected chi connectivity index (χ2v) is 9.28. The molecule has 10 heteroatoms. The molecule has 2 saturated heterocycles. The second kappa shape index (κ2) is 9.52. The lowest BCUT2D eigenvalue weighted by molar-refractivity contribution is 0.0303. The third-order valence-corrected chi connectivity index (χ3v) is 6.79. The molecule has 4 aromatic rings. The molecule has 2 N–H and O–H groups in total. The maximum atomic E-state index is 12.4. The largest absolute Gasteiger partial charge is 0.371 e. The SMILES string of the molecule is CCn1ncc2c(N3CC4CCC(C3)O4)nc(-c3ccc(NC(=O)Nc4ccc(C#N)cc4)cc3)nc21. The zero-order chi connectivity index (χ0) is 25.4. The lowest BCUT2D eigenvalue weighted by Gasteiger charge is -2.33. The average Bonchev–Trinajstić information content (AvgIpc) is 3.50. The fourth-order valence-electron chi connectivity index (χ4n) is 4.95. The Labute approximate surface area is 213 Å². The molecule has 6 rings (SSSR count). The van der Waals surface area contributed by atoms with E-state index in [1.807, 2.05) is 42.1 Å². The minimum absolute atomic E-state index is 0.245. The number of hydrogen-bond donors (Lipinski definition) is 2. The summed E-state index contributed by atoms with van der Waals surface area (Å²) in [7, 11) is 0. The van der Waals surface area contributed by atoms with Gasteiger partial charge in [-0.25, -0.2) is 19.4 Å². The van der Waals surface area contributed by atoms with E-state index in [9.17, 15) is 4.79 Å². The first-order chi connectivity index (χ1) is 18.1. The highest BCUT2D eigenvalue weighted by Crippen LogP contribution is 2.33. The van der Waals surface area contributed by atoms with Crippen molar-refractivity contribution in [3.05, 3.63) is 60.3 Å². The summed E-state index contributed by atoms with van der Waals surface area (Å²) in [6.45, 7) is 4.39. The molecule has 2 amide bonds. The van der Waals surface area contributed by atoms with Gasteiger partial charge in [-0.2, -0.15) is 10.4 Å². The molecule has 2 aliphatic rings. The maximum Gasteiger partial charge on any atom is 0.323 e. The van der Waals surface area contributed by atoms with Gasteiger partial charge in [0.25, 0.3) is 0 Å². The number of anilines is 3. The lowest BCUT2D eigenvalue weighted by Crippen LogP contribution is -2.43. The number of carbonyl (C=O) groups excluding carboxylic acids is 1. The van der Waals surface area contributed by atoms with Gasteiger partial charge in [0.15, 0.2) is 11.5 Å². The molecule has 2 bridgehead atoms. The molecule has 37 heavy (non-hydrogen) atoms. The smallest absolute Gasteiger partial charge is 0.323 e. The predicted octanol–water partition coefficient (Wildman–Crippen LogP) is 4.40. The molecule has 2 aromatic heterocycles. The number of nitriles is 1. The number of nitrogens with one attached hydrogen (secondary N) is 2. The van der Waals surface area contributed by atoms with Gasteiger partial charge < -0.3 is 20.3 Å². The van der Waals surface area contributed by atoms with E-state index in [2.05, 4.69) is 26.7 Å². The minimum atomic E-state index is -0.369. The van der Waals surface area contributed by atoms with Crippen molar-refractivity contribution in [2.75, 3.05) is 28.6 Å². The normalized spacial score (nSPS) is 18.5. The van der Waals surface area contributed by atoms with Crippen molar-refractivity contribution < 1.29 is 9.53 Å². The van der Waals surface area contributed by atoms with Crippen LogP contribution in [0.2, 0.25) is 0 Å². The number of aromatic nitrogens is 4. The van der Waals surface area contributed by atoms with E-state index in [-0.39, 0.29) is 18.2 Å². The van der Waals surface area contributed by atoms with Crippen LogP contribution in [0.5, 0.6) is 0 Å². The molecule has 0 saturated carbocycles. The van der Waals surface area contributed by atoms with Gasteiger partial charge in [0, 0.05) is 36.6 Å². The van der Waals surface area contributed by atoms with E-state index in [0.717, 1.165) is 48.3 Å². The fourth-order valence-corrected chi connectivity index (χ4v) is 4.95. The van der Waals surface area contributed by atoms with Crippen molar-refractivity contribution in [2.45, 2.75) is 38.5 Å². The van der Waals surface area contributed by atoms with Crippen molar-refractivity contribution in [3.63, 3.8) is 0 Å². The number of fused-ring (bicyclic) bond motifs is 3. The Morgan fingerprint density at radius 2 is 1.68 bits per heavy atom. The first-order valence-electron chi connectivity index (χ1n) is 12.4. The summed E-state index contributed by atoms with van der Waals surface area (Å²) in [6.07, 6.45) is 4.52. The molecule has 2 fully saturated rings. The number of amides is 2. The summed E-state index contributed by atoms with van der Waals surface area (Å²) >= 11 is 0. The van der Waals surface area contributed by atoms with Crippen LogP contribution >= 0.6 is 0 Å². The highest BCUT2D eigenvalue weighted by atomic mass is 16.5. The number of ether oxygens (including phenoxy) is 1. The van der Waals surface area contributed by atoms with E-state index >= 15 is 0 Å². The minimum Gasteiger partial charge on any atom is -0.371 e. The molecule has 0 radical (unpaired) electrons. The van der Waals surface area contributed by atoms with Gasteiger partial charge in [-0.1, -0.05) is 0 Å². The third-order valence-electron chi connectivity index (χ3n) is 6.79. The molecule has 4 heterocycles. The Morgan fingerprint density at radius 3 is 2.30 bits per heavy atom. The summed E-state index contributed by atoms with van der Waals surface area (Å²) in [5.74, 6) is 1.51. The first kappa shape index (κ1) is 22.9. The van der Waals surface area contributed by atoms with Gasteiger partial charge in [0.05, 0.1) is 35.4 Å². The summed E-state index contributed by atoms with van der Waals surface area (Å²) < 4.78 is 7.93. The Morgan fingerprint density at radius 1 is 1.03 bits per heavy atom. The summed E-state index contributed by atoms with van der Waals surface area (Å²) in [4.78, 5) is 24.6. The van der Waals surface area contributed by atoms with Crippen LogP contribution in [-0.2, 0) is 11.3 Å². The fraction of sp³-hybridized carbons (Fsp3) is 0.296. The van der Waals surface area contributed by atoms with Crippen LogP contribution in [0.3, 0.4) is 0 Å². The maximum absolute atomic E-state index is 12.4. The number of carbonyl (C=O) groups is 1. The predicted molar refractivity (Wildman–Crippen MR) is 140 cm³/mol. The lowest BCUT2D eigenvalue weighted by atomic mass is 10.2. The van der Waals surface area contributed by atoms with Crippen LogP contribution in [0.1, 0.15) is 25.3 Å². The average molecular weight is 495 g/mol. The second-order valence-electron chi connectivity index (χ2n) is 9.28. The molecule has 0 spiro atoms. The van der Waals surface area contributed by atoms with E-state index in [1.165, 1.54) is 0 Å². The van der Waals surface area contributed by atoms with E-state index < -0.39 is 0 Å². The van der Waals surface area contributed by atoms with Crippen molar-refractivity contribution >= 4 is 34.3 Å². The van der Waals surface area contributed by atoms with Gasteiger partial charge >= 0.3 is 6.03 Å². The topological polar surface area (TPSA) is 121 Å². The summed E-state index contributed by atoms with van der Waals surface area (Å²) in [5, 5.41) is 20.0. The highest BCUT2D eigenvalue weighted by Gasteiger charge is 2.35. The van der Waals surface area contributed by atoms with Gasteiger partial charge in [0.1, 0.15) is 5.82 Å². The molecule has 2 unspecified atom stereocenters. The molecule has 2 aromatic carbocycles. The molecular formula is C27H26N8O2. The number of nitrogens with zero attached hydrogens (tertiary/aromatic N) is 6. The Hall–Kier alpha value is -4.49. The van der Waals surface area contributed by atoms with Crippen LogP contribution in [0, 0.1) is 11.3 Å². The standard InChI is InChI=1S/C27H26N8O2/c1-2-35-26-23(14-29-35)25(34-15-21-11-12-22(16-34)37-21)32-24(33-26)18-5-9-20(10-6-18)31-27(36)30-19-7-3-17(13-28)4-8-19/h3-10,14,21-22H,2,11-12,15-16H2,1H3,(H2,30,31,36). The first-order valence-corrected chi connectivity index (χ1v) is 12.4. The monoisotopic (exact) mass is 494 g/mol. The van der Waals surface area contributed by atoms with Crippen LogP contribution < -0.4 is 15.5 Å². The van der Waals surface area contributed by atoms with Crippen LogP contribution in [0.4, 0.5) is 22.0 Å². The Kier molecular flexibility index (Phi) is 5.90. The van der Waals surface area contributed by atoms with Gasteiger partial charge in [-0.15, -0.1) is 0 Å². The number of hydrogen-bond acceptors (Lipinski definition) is 7. The molecule has 2 atom stereocenters. The number of rotatable bonds is 5. The number of urea groups is 1. The van der Waals surface area contributed by atoms with Crippen molar-refractivity contribution in [3.8, 4) is 17.5 Å². The van der Waals surface area contributed by atoms with E-state index in [4.69, 9.17) is 20.0 Å². The quantitative estimate of drug-likeness (QED) is 0.422. The number of benzene rings is 2. The molecule has 186 valence electrons. The zero-order valence-electron chi connectivity index (χ0n) is 20.4. The number of morpholine rings is 1.